The Kier molecular flexibility index (Phi) is 7.12. The summed E-state index contributed by atoms with van der Waals surface area (Å²) < 4.78 is 5.82. The lowest BCUT2D eigenvalue weighted by molar-refractivity contribution is -0.130. The van der Waals surface area contributed by atoms with Crippen molar-refractivity contribution < 1.29 is 14.3 Å². The van der Waals surface area contributed by atoms with Crippen molar-refractivity contribution >= 4 is 50.9 Å². The van der Waals surface area contributed by atoms with Crippen LogP contribution in [-0.4, -0.2) is 18.4 Å². The van der Waals surface area contributed by atoms with Crippen LogP contribution in [-0.2, 0) is 9.59 Å². The first-order chi connectivity index (χ1) is 9.43. The van der Waals surface area contributed by atoms with Gasteiger partial charge in [-0.2, -0.15) is 0 Å². The number of benzene rings is 1. The van der Waals surface area contributed by atoms with Gasteiger partial charge < -0.3 is 4.74 Å². The second kappa shape index (κ2) is 8.34. The molecule has 110 valence electrons. The van der Waals surface area contributed by atoms with E-state index in [9.17, 15) is 9.59 Å². The minimum absolute atomic E-state index is 0.258. The van der Waals surface area contributed by atoms with E-state index in [1.54, 1.807) is 6.07 Å². The van der Waals surface area contributed by atoms with Crippen molar-refractivity contribution in [2.24, 2.45) is 0 Å². The number of hydrogen-bond acceptors (Lipinski definition) is 3. The van der Waals surface area contributed by atoms with Gasteiger partial charge in [-0.25, -0.2) is 0 Å². The number of nitrogens with one attached hydrogen (secondary N) is 2. The largest absolute Gasteiger partial charge is 0.481 e. The molecule has 0 aliphatic rings. The Labute approximate surface area is 135 Å². The molecule has 1 aromatic rings. The maximum atomic E-state index is 11.5. The van der Waals surface area contributed by atoms with Crippen LogP contribution in [0.5, 0.6) is 5.75 Å². The van der Waals surface area contributed by atoms with Gasteiger partial charge in [-0.05, 0) is 34.5 Å². The van der Waals surface area contributed by atoms with Crippen LogP contribution in [0.4, 0.5) is 0 Å². The molecule has 0 atom stereocenters. The van der Waals surface area contributed by atoms with E-state index in [1.807, 2.05) is 6.92 Å². The third-order valence-corrected chi connectivity index (χ3v) is 3.22. The van der Waals surface area contributed by atoms with Gasteiger partial charge >= 0.3 is 0 Å². The van der Waals surface area contributed by atoms with Crippen molar-refractivity contribution in [2.75, 3.05) is 6.61 Å². The molecule has 20 heavy (non-hydrogen) atoms. The minimum atomic E-state index is -0.493. The summed E-state index contributed by atoms with van der Waals surface area (Å²) in [6.45, 7) is 1.58. The molecule has 0 unspecified atom stereocenters. The summed E-state index contributed by atoms with van der Waals surface area (Å²) in [6.07, 6.45) is 1.04. The lowest BCUT2D eigenvalue weighted by atomic mass is 10.3. The van der Waals surface area contributed by atoms with E-state index in [-0.39, 0.29) is 17.5 Å². The van der Waals surface area contributed by atoms with E-state index >= 15 is 0 Å². The Morgan fingerprint density at radius 2 is 1.90 bits per heavy atom. The number of carbonyl (C=O) groups excluding carboxylic acids is 2. The highest BCUT2D eigenvalue weighted by atomic mass is 79.9. The first-order valence-corrected chi connectivity index (χ1v) is 7.34. The molecule has 1 rings (SSSR count). The topological polar surface area (TPSA) is 67.4 Å². The Morgan fingerprint density at radius 3 is 2.50 bits per heavy atom. The third-order valence-electron chi connectivity index (χ3n) is 2.13. The molecule has 5 nitrogen and oxygen atoms in total. The summed E-state index contributed by atoms with van der Waals surface area (Å²) in [6, 6.07) is 3.10. The molecule has 0 fully saturated rings. The van der Waals surface area contributed by atoms with E-state index in [2.05, 4.69) is 26.8 Å². The Morgan fingerprint density at radius 1 is 1.25 bits per heavy atom. The molecular formula is C12H13BrCl2N2O3. The summed E-state index contributed by atoms with van der Waals surface area (Å²) in [5.41, 5.74) is 4.51. The molecule has 0 spiro atoms. The van der Waals surface area contributed by atoms with Gasteiger partial charge in [0.15, 0.2) is 12.4 Å². The number of amides is 2. The van der Waals surface area contributed by atoms with Crippen LogP contribution in [0.25, 0.3) is 0 Å². The lowest BCUT2D eigenvalue weighted by Crippen LogP contribution is -2.43. The first kappa shape index (κ1) is 17.1. The predicted molar refractivity (Wildman–Crippen MR) is 80.9 cm³/mol. The van der Waals surface area contributed by atoms with Gasteiger partial charge in [-0.15, -0.1) is 0 Å². The molecular weight excluding hydrogens is 371 g/mol. The van der Waals surface area contributed by atoms with Crippen molar-refractivity contribution in [2.45, 2.75) is 19.8 Å². The highest BCUT2D eigenvalue weighted by Crippen LogP contribution is 2.35. The number of carbonyl (C=O) groups is 2. The van der Waals surface area contributed by atoms with Crippen LogP contribution < -0.4 is 15.6 Å². The molecule has 0 aliphatic heterocycles. The van der Waals surface area contributed by atoms with E-state index in [0.717, 1.165) is 0 Å². The van der Waals surface area contributed by atoms with E-state index in [0.29, 0.717) is 28.1 Å². The van der Waals surface area contributed by atoms with Crippen molar-refractivity contribution in [3.8, 4) is 5.75 Å². The molecule has 1 aromatic carbocycles. The maximum Gasteiger partial charge on any atom is 0.276 e. The molecule has 2 amide bonds. The highest BCUT2D eigenvalue weighted by Gasteiger charge is 2.11. The summed E-state index contributed by atoms with van der Waals surface area (Å²) in [4.78, 5) is 22.6. The molecule has 0 saturated carbocycles. The fraction of sp³-hybridized carbons (Fsp3) is 0.333. The first-order valence-electron chi connectivity index (χ1n) is 5.79. The number of ether oxygens (including phenoxy) is 1. The van der Waals surface area contributed by atoms with Gasteiger partial charge in [-0.3, -0.25) is 20.4 Å². The molecule has 0 heterocycles. The summed E-state index contributed by atoms with van der Waals surface area (Å²) in [5.74, 6) is -0.440. The van der Waals surface area contributed by atoms with Crippen molar-refractivity contribution in [1.82, 2.24) is 10.9 Å². The standard InChI is InChI=1S/C12H13BrCl2N2O3/c1-2-3-10(18)16-17-11(19)6-20-12-8(13)4-7(14)5-9(12)15/h4-5H,2-3,6H2,1H3,(H,16,18)(H,17,19). The van der Waals surface area contributed by atoms with Crippen LogP contribution in [0.2, 0.25) is 10.0 Å². The zero-order valence-electron chi connectivity index (χ0n) is 10.6. The molecule has 0 saturated heterocycles. The number of hydrazine groups is 1. The van der Waals surface area contributed by atoms with Gasteiger partial charge in [0.2, 0.25) is 5.91 Å². The van der Waals surface area contributed by atoms with Crippen molar-refractivity contribution in [1.29, 1.82) is 0 Å². The fourth-order valence-electron chi connectivity index (χ4n) is 1.27. The second-order valence-electron chi connectivity index (χ2n) is 3.83. The average molecular weight is 384 g/mol. The maximum absolute atomic E-state index is 11.5. The van der Waals surface area contributed by atoms with Gasteiger partial charge in [-0.1, -0.05) is 30.1 Å². The molecule has 8 heteroatoms. The van der Waals surface area contributed by atoms with Crippen LogP contribution in [0.3, 0.4) is 0 Å². The van der Waals surface area contributed by atoms with Gasteiger partial charge in [0.1, 0.15) is 0 Å². The normalized spacial score (nSPS) is 10.0. The summed E-state index contributed by atoms with van der Waals surface area (Å²) in [5, 5.41) is 0.734. The predicted octanol–water partition coefficient (Wildman–Crippen LogP) is 3.08. The molecule has 0 aliphatic carbocycles. The van der Waals surface area contributed by atoms with Crippen LogP contribution >= 0.6 is 39.1 Å². The summed E-state index contributed by atoms with van der Waals surface area (Å²) in [7, 11) is 0. The SMILES string of the molecule is CCCC(=O)NNC(=O)COc1c(Cl)cc(Cl)cc1Br. The van der Waals surface area contributed by atoms with E-state index in [4.69, 9.17) is 27.9 Å². The van der Waals surface area contributed by atoms with E-state index in [1.165, 1.54) is 6.07 Å². The summed E-state index contributed by atoms with van der Waals surface area (Å²) >= 11 is 15.0. The minimum Gasteiger partial charge on any atom is -0.481 e. The molecule has 0 radical (unpaired) electrons. The van der Waals surface area contributed by atoms with Crippen molar-refractivity contribution in [3.63, 3.8) is 0 Å². The fourth-order valence-corrected chi connectivity index (χ4v) is 2.64. The van der Waals surface area contributed by atoms with Crippen LogP contribution in [0.1, 0.15) is 19.8 Å². The highest BCUT2D eigenvalue weighted by molar-refractivity contribution is 9.10. The van der Waals surface area contributed by atoms with E-state index < -0.39 is 5.91 Å². The lowest BCUT2D eigenvalue weighted by Gasteiger charge is -2.11. The van der Waals surface area contributed by atoms with Gasteiger partial charge in [0, 0.05) is 11.4 Å². The molecule has 0 aromatic heterocycles. The van der Waals surface area contributed by atoms with Gasteiger partial charge in [0.05, 0.1) is 9.50 Å². The molecule has 0 bridgehead atoms. The van der Waals surface area contributed by atoms with Crippen LogP contribution in [0.15, 0.2) is 16.6 Å². The average Bonchev–Trinajstić information content (AvgIpc) is 2.35. The van der Waals surface area contributed by atoms with Crippen LogP contribution in [0, 0.1) is 0 Å². The third kappa shape index (κ3) is 5.56. The Balaban J connectivity index is 2.47. The molecule has 2 N–H and O–H groups in total. The smallest absolute Gasteiger partial charge is 0.276 e. The number of hydrogen-bond donors (Lipinski definition) is 2. The quantitative estimate of drug-likeness (QED) is 0.767. The zero-order valence-corrected chi connectivity index (χ0v) is 13.7. The van der Waals surface area contributed by atoms with Crippen molar-refractivity contribution in [3.05, 3.63) is 26.7 Å². The Hall–Kier alpha value is -0.980. The second-order valence-corrected chi connectivity index (χ2v) is 5.53. The zero-order chi connectivity index (χ0) is 15.1. The number of rotatable bonds is 5. The Bertz CT molecular complexity index is 488. The monoisotopic (exact) mass is 382 g/mol. The number of halogens is 3. The van der Waals surface area contributed by atoms with Gasteiger partial charge in [0.25, 0.3) is 5.91 Å².